The van der Waals surface area contributed by atoms with E-state index in [1.54, 1.807) is 6.07 Å². The van der Waals surface area contributed by atoms with E-state index in [9.17, 15) is 14.7 Å². The second-order valence-corrected chi connectivity index (χ2v) is 5.61. The van der Waals surface area contributed by atoms with Gasteiger partial charge in [-0.2, -0.15) is 5.26 Å². The van der Waals surface area contributed by atoms with Gasteiger partial charge < -0.3 is 9.84 Å². The molecule has 1 N–H and O–H groups in total. The number of aryl methyl sites for hydroxylation is 2. The Labute approximate surface area is 139 Å². The number of carbonyl (C=O) groups excluding carboxylic acids is 1. The Morgan fingerprint density at radius 1 is 1.29 bits per heavy atom. The van der Waals surface area contributed by atoms with Crippen LogP contribution in [0.2, 0.25) is 0 Å². The molecule has 0 amide bonds. The summed E-state index contributed by atoms with van der Waals surface area (Å²) in [7, 11) is 1.31. The number of hydrogen-bond acceptors (Lipinski definition) is 5. The minimum Gasteiger partial charge on any atom is -0.494 e. The molecule has 2 rings (SSSR count). The monoisotopic (exact) mass is 326 g/mol. The van der Waals surface area contributed by atoms with Crippen LogP contribution in [0, 0.1) is 32.1 Å². The summed E-state index contributed by atoms with van der Waals surface area (Å²) in [6.07, 6.45) is 0. The largest absolute Gasteiger partial charge is 0.494 e. The van der Waals surface area contributed by atoms with Crippen molar-refractivity contribution >= 4 is 5.78 Å². The molecule has 0 unspecified atom stereocenters. The number of ketones is 1. The van der Waals surface area contributed by atoms with Crippen molar-refractivity contribution in [2.45, 2.75) is 20.8 Å². The number of carbonyl (C=O) groups is 1. The number of Topliss-reactive ketones (excluding diaryl/α,β-unsaturated/α-hetero) is 1. The van der Waals surface area contributed by atoms with Crippen molar-refractivity contribution in [1.29, 1.82) is 5.26 Å². The van der Waals surface area contributed by atoms with Crippen molar-refractivity contribution in [2.75, 3.05) is 6.61 Å². The van der Waals surface area contributed by atoms with Crippen molar-refractivity contribution < 1.29 is 14.6 Å². The smallest absolute Gasteiger partial charge is 0.271 e. The molecule has 2 aromatic rings. The Morgan fingerprint density at radius 3 is 2.42 bits per heavy atom. The summed E-state index contributed by atoms with van der Waals surface area (Å²) in [5.74, 6) is -0.361. The summed E-state index contributed by atoms with van der Waals surface area (Å²) in [5, 5.41) is 19.2. The van der Waals surface area contributed by atoms with Gasteiger partial charge in [-0.25, -0.2) is 0 Å². The van der Waals surface area contributed by atoms with Crippen LogP contribution >= 0.6 is 0 Å². The van der Waals surface area contributed by atoms with E-state index < -0.39 is 17.2 Å². The molecule has 0 saturated heterocycles. The predicted octanol–water partition coefficient (Wildman–Crippen LogP) is 2.15. The number of benzene rings is 1. The van der Waals surface area contributed by atoms with Crippen molar-refractivity contribution in [3.05, 3.63) is 56.4 Å². The number of aromatic nitrogens is 1. The van der Waals surface area contributed by atoms with Gasteiger partial charge in [0.15, 0.2) is 6.61 Å². The molecular formula is C18H18N2O4. The van der Waals surface area contributed by atoms with Crippen LogP contribution in [0.5, 0.6) is 11.6 Å². The molecule has 0 aliphatic heterocycles. The van der Waals surface area contributed by atoms with E-state index in [0.717, 1.165) is 15.7 Å². The van der Waals surface area contributed by atoms with Gasteiger partial charge in [-0.1, -0.05) is 18.2 Å². The van der Waals surface area contributed by atoms with Gasteiger partial charge in [0.25, 0.3) is 5.56 Å². The topological polar surface area (TPSA) is 92.3 Å². The Morgan fingerprint density at radius 2 is 1.88 bits per heavy atom. The van der Waals surface area contributed by atoms with Gasteiger partial charge in [0, 0.05) is 7.05 Å². The van der Waals surface area contributed by atoms with Crippen molar-refractivity contribution in [3.63, 3.8) is 0 Å². The number of pyridine rings is 1. The lowest BCUT2D eigenvalue weighted by Crippen LogP contribution is -2.25. The van der Waals surface area contributed by atoms with E-state index in [4.69, 9.17) is 10.00 Å². The highest BCUT2D eigenvalue weighted by Crippen LogP contribution is 2.25. The maximum absolute atomic E-state index is 12.5. The normalized spacial score (nSPS) is 10.3. The SMILES string of the molecule is Cc1cccc(C)c1OCC(=O)c1c(C)c(C#N)c(=O)n(C)c1O. The third kappa shape index (κ3) is 2.88. The molecule has 6 nitrogen and oxygen atoms in total. The molecule has 6 heteroatoms. The molecule has 0 spiro atoms. The zero-order valence-corrected chi connectivity index (χ0v) is 14.0. The van der Waals surface area contributed by atoms with Gasteiger partial charge in [0.1, 0.15) is 17.4 Å². The fraction of sp³-hybridized carbons (Fsp3) is 0.278. The molecule has 0 aliphatic rings. The summed E-state index contributed by atoms with van der Waals surface area (Å²) in [6.45, 7) is 4.90. The van der Waals surface area contributed by atoms with E-state index in [0.29, 0.717) is 5.75 Å². The number of nitriles is 1. The average molecular weight is 326 g/mol. The predicted molar refractivity (Wildman–Crippen MR) is 88.5 cm³/mol. The Balaban J connectivity index is 2.40. The van der Waals surface area contributed by atoms with Crippen LogP contribution in [0.3, 0.4) is 0 Å². The summed E-state index contributed by atoms with van der Waals surface area (Å²) in [6, 6.07) is 7.41. The Hall–Kier alpha value is -3.07. The van der Waals surface area contributed by atoms with Crippen LogP contribution in [0.1, 0.15) is 32.6 Å². The van der Waals surface area contributed by atoms with Gasteiger partial charge in [0.05, 0.1) is 5.56 Å². The van der Waals surface area contributed by atoms with Crippen LogP contribution < -0.4 is 10.3 Å². The minimum atomic E-state index is -0.639. The van der Waals surface area contributed by atoms with Crippen LogP contribution in [-0.4, -0.2) is 22.1 Å². The number of ether oxygens (including phenoxy) is 1. The maximum atomic E-state index is 12.5. The molecule has 0 atom stereocenters. The number of hydrogen-bond donors (Lipinski definition) is 1. The van der Waals surface area contributed by atoms with Crippen LogP contribution in [0.4, 0.5) is 0 Å². The third-order valence-electron chi connectivity index (χ3n) is 3.96. The maximum Gasteiger partial charge on any atom is 0.271 e. The molecule has 1 aromatic carbocycles. The van der Waals surface area contributed by atoms with Gasteiger partial charge in [-0.15, -0.1) is 0 Å². The molecule has 24 heavy (non-hydrogen) atoms. The molecule has 0 fully saturated rings. The quantitative estimate of drug-likeness (QED) is 0.869. The van der Waals surface area contributed by atoms with Crippen molar-refractivity contribution in [1.82, 2.24) is 4.57 Å². The van der Waals surface area contributed by atoms with Gasteiger partial charge in [-0.05, 0) is 37.5 Å². The molecular weight excluding hydrogens is 308 g/mol. The van der Waals surface area contributed by atoms with Gasteiger partial charge in [-0.3, -0.25) is 14.2 Å². The molecule has 0 radical (unpaired) electrons. The zero-order chi connectivity index (χ0) is 18.0. The molecule has 1 heterocycles. The fourth-order valence-corrected chi connectivity index (χ4v) is 2.59. The second-order valence-electron chi connectivity index (χ2n) is 5.61. The first-order chi connectivity index (χ1) is 11.3. The van der Waals surface area contributed by atoms with Crippen LogP contribution in [0.15, 0.2) is 23.0 Å². The first-order valence-electron chi connectivity index (χ1n) is 7.34. The van der Waals surface area contributed by atoms with Crippen LogP contribution in [0.25, 0.3) is 0 Å². The summed E-state index contributed by atoms with van der Waals surface area (Å²) >= 11 is 0. The molecule has 124 valence electrons. The van der Waals surface area contributed by atoms with E-state index in [2.05, 4.69) is 0 Å². The molecule has 0 bridgehead atoms. The second kappa shape index (κ2) is 6.59. The molecule has 0 aliphatic carbocycles. The highest BCUT2D eigenvalue weighted by atomic mass is 16.5. The highest BCUT2D eigenvalue weighted by molar-refractivity contribution is 6.01. The Kier molecular flexibility index (Phi) is 4.74. The number of rotatable bonds is 4. The third-order valence-corrected chi connectivity index (χ3v) is 3.96. The summed E-state index contributed by atoms with van der Waals surface area (Å²) < 4.78 is 6.49. The first-order valence-corrected chi connectivity index (χ1v) is 7.34. The van der Waals surface area contributed by atoms with Crippen molar-refractivity contribution in [3.8, 4) is 17.7 Å². The Bertz CT molecular complexity index is 900. The summed E-state index contributed by atoms with van der Waals surface area (Å²) in [4.78, 5) is 24.4. The first kappa shape index (κ1) is 17.3. The van der Waals surface area contributed by atoms with Crippen LogP contribution in [-0.2, 0) is 7.05 Å². The van der Waals surface area contributed by atoms with E-state index >= 15 is 0 Å². The lowest BCUT2D eigenvalue weighted by Gasteiger charge is -2.14. The minimum absolute atomic E-state index is 0.0695. The number of nitrogens with zero attached hydrogens (tertiary/aromatic N) is 2. The molecule has 1 aromatic heterocycles. The standard InChI is InChI=1S/C18H18N2O4/c1-10-6-5-7-11(2)16(10)24-9-14(21)15-12(3)13(8-19)17(22)20(4)18(15)23/h5-7,23H,9H2,1-4H3. The van der Waals surface area contributed by atoms with Gasteiger partial charge >= 0.3 is 0 Å². The van der Waals surface area contributed by atoms with E-state index in [1.807, 2.05) is 32.0 Å². The zero-order valence-electron chi connectivity index (χ0n) is 14.0. The van der Waals surface area contributed by atoms with Gasteiger partial charge in [0.2, 0.25) is 11.7 Å². The highest BCUT2D eigenvalue weighted by Gasteiger charge is 2.23. The van der Waals surface area contributed by atoms with E-state index in [1.165, 1.54) is 14.0 Å². The number of aromatic hydroxyl groups is 1. The lowest BCUT2D eigenvalue weighted by molar-refractivity contribution is 0.0915. The fourth-order valence-electron chi connectivity index (χ4n) is 2.59. The summed E-state index contributed by atoms with van der Waals surface area (Å²) in [5.41, 5.74) is 1.07. The molecule has 0 saturated carbocycles. The lowest BCUT2D eigenvalue weighted by atomic mass is 10.0. The van der Waals surface area contributed by atoms with Crippen molar-refractivity contribution in [2.24, 2.45) is 7.05 Å². The number of para-hydroxylation sites is 1. The van der Waals surface area contributed by atoms with E-state index in [-0.39, 0.29) is 23.3 Å². The average Bonchev–Trinajstić information content (AvgIpc) is 2.53.